The molecule has 0 radical (unpaired) electrons. The molecule has 4 rings (SSSR count). The van der Waals surface area contributed by atoms with Gasteiger partial charge in [-0.3, -0.25) is 4.79 Å². The maximum Gasteiger partial charge on any atom is 0.282 e. The van der Waals surface area contributed by atoms with Gasteiger partial charge in [-0.25, -0.2) is 4.98 Å². The van der Waals surface area contributed by atoms with E-state index in [1.54, 1.807) is 4.90 Å². The van der Waals surface area contributed by atoms with Gasteiger partial charge in [0.05, 0.1) is 18.9 Å². The Morgan fingerprint density at radius 1 is 0.926 bits per heavy atom. The van der Waals surface area contributed by atoms with Gasteiger partial charge in [-0.15, -0.1) is 11.3 Å². The Hall–Kier alpha value is -1.07. The first-order valence-electron chi connectivity index (χ1n) is 9.66. The Morgan fingerprint density at radius 2 is 1.67 bits per heavy atom. The van der Waals surface area contributed by atoms with Gasteiger partial charge in [-0.1, -0.05) is 0 Å². The number of aromatic nitrogens is 1. The number of amides is 1. The SMILES string of the molecule is O=C(c1nc2c(s1)CCCC2)N1CCCN(S(=O)(=O)N2CCOCC2)CC1. The largest absolute Gasteiger partial charge is 0.379 e. The highest BCUT2D eigenvalue weighted by Crippen LogP contribution is 2.27. The number of hydrogen-bond acceptors (Lipinski definition) is 6. The van der Waals surface area contributed by atoms with Gasteiger partial charge < -0.3 is 9.64 Å². The van der Waals surface area contributed by atoms with Crippen LogP contribution in [0.15, 0.2) is 0 Å². The van der Waals surface area contributed by atoms with Crippen LogP contribution in [-0.2, 0) is 27.8 Å². The average Bonchev–Trinajstić information content (AvgIpc) is 2.97. The summed E-state index contributed by atoms with van der Waals surface area (Å²) in [5.74, 6) is -0.0555. The fourth-order valence-electron chi connectivity index (χ4n) is 3.85. The van der Waals surface area contributed by atoms with Crippen molar-refractivity contribution in [3.05, 3.63) is 15.6 Å². The quantitative estimate of drug-likeness (QED) is 0.729. The normalized spacial score (nSPS) is 23.0. The van der Waals surface area contributed by atoms with Gasteiger partial charge in [-0.05, 0) is 32.1 Å². The highest BCUT2D eigenvalue weighted by molar-refractivity contribution is 7.86. The number of fused-ring (bicyclic) bond motifs is 1. The molecular formula is C17H26N4O4S2. The minimum absolute atomic E-state index is 0.0555. The van der Waals surface area contributed by atoms with Gasteiger partial charge in [0.2, 0.25) is 0 Å². The summed E-state index contributed by atoms with van der Waals surface area (Å²) < 4.78 is 34.0. The van der Waals surface area contributed by atoms with Gasteiger partial charge in [0.1, 0.15) is 0 Å². The van der Waals surface area contributed by atoms with Gasteiger partial charge in [0, 0.05) is 44.1 Å². The first-order valence-corrected chi connectivity index (χ1v) is 11.9. The molecule has 10 heteroatoms. The predicted molar refractivity (Wildman–Crippen MR) is 102 cm³/mol. The van der Waals surface area contributed by atoms with E-state index in [9.17, 15) is 13.2 Å². The van der Waals surface area contributed by atoms with E-state index in [-0.39, 0.29) is 5.91 Å². The van der Waals surface area contributed by atoms with E-state index < -0.39 is 10.2 Å². The summed E-state index contributed by atoms with van der Waals surface area (Å²) in [4.78, 5) is 20.5. The second kappa shape index (κ2) is 8.12. The van der Waals surface area contributed by atoms with Crippen LogP contribution < -0.4 is 0 Å². The van der Waals surface area contributed by atoms with Crippen molar-refractivity contribution in [3.8, 4) is 0 Å². The summed E-state index contributed by atoms with van der Waals surface area (Å²) in [5, 5.41) is 0.561. The number of carbonyl (C=O) groups excluding carboxylic acids is 1. The molecule has 1 aliphatic carbocycles. The molecule has 150 valence electrons. The number of aryl methyl sites for hydroxylation is 2. The smallest absolute Gasteiger partial charge is 0.282 e. The lowest BCUT2D eigenvalue weighted by Crippen LogP contribution is -2.49. The third-order valence-electron chi connectivity index (χ3n) is 5.39. The standard InChI is InChI=1S/C17H26N4O4S2/c22-17(16-18-14-4-1-2-5-15(14)26-16)19-6-3-7-20(9-8-19)27(23,24)21-10-12-25-13-11-21/h1-13H2. The van der Waals surface area contributed by atoms with Crippen LogP contribution in [0.2, 0.25) is 0 Å². The lowest BCUT2D eigenvalue weighted by molar-refractivity contribution is 0.0700. The molecule has 2 fully saturated rings. The minimum atomic E-state index is -3.49. The lowest BCUT2D eigenvalue weighted by atomic mass is 10.0. The number of carbonyl (C=O) groups is 1. The molecule has 1 aromatic heterocycles. The van der Waals surface area contributed by atoms with Crippen molar-refractivity contribution < 1.29 is 17.9 Å². The molecule has 8 nitrogen and oxygen atoms in total. The van der Waals surface area contributed by atoms with Crippen molar-refractivity contribution in [2.24, 2.45) is 0 Å². The maximum absolute atomic E-state index is 12.9. The van der Waals surface area contributed by atoms with Crippen molar-refractivity contribution in [1.29, 1.82) is 0 Å². The number of morpholine rings is 1. The van der Waals surface area contributed by atoms with Crippen molar-refractivity contribution in [2.45, 2.75) is 32.1 Å². The summed E-state index contributed by atoms with van der Waals surface area (Å²) >= 11 is 1.52. The fourth-order valence-corrected chi connectivity index (χ4v) is 6.57. The molecule has 27 heavy (non-hydrogen) atoms. The number of thiazole rings is 1. The summed E-state index contributed by atoms with van der Waals surface area (Å²) in [5.41, 5.74) is 1.08. The van der Waals surface area contributed by atoms with Gasteiger partial charge in [0.15, 0.2) is 5.01 Å². The van der Waals surface area contributed by atoms with Crippen LogP contribution in [0.5, 0.6) is 0 Å². The van der Waals surface area contributed by atoms with Crippen molar-refractivity contribution in [3.63, 3.8) is 0 Å². The zero-order chi connectivity index (χ0) is 18.9. The number of hydrogen-bond donors (Lipinski definition) is 0. The Morgan fingerprint density at radius 3 is 2.44 bits per heavy atom. The molecule has 1 amide bonds. The van der Waals surface area contributed by atoms with Crippen LogP contribution in [0.25, 0.3) is 0 Å². The minimum Gasteiger partial charge on any atom is -0.379 e. The number of nitrogens with zero attached hydrogens (tertiary/aromatic N) is 4. The van der Waals surface area contributed by atoms with Crippen LogP contribution in [0.3, 0.4) is 0 Å². The first-order chi connectivity index (χ1) is 13.1. The molecule has 0 spiro atoms. The molecule has 0 saturated carbocycles. The molecular weight excluding hydrogens is 388 g/mol. The van der Waals surface area contributed by atoms with Crippen LogP contribution >= 0.6 is 11.3 Å². The summed E-state index contributed by atoms with van der Waals surface area (Å²) in [6, 6.07) is 0. The van der Waals surface area contributed by atoms with Gasteiger partial charge in [-0.2, -0.15) is 17.0 Å². The molecule has 3 heterocycles. The molecule has 0 N–H and O–H groups in total. The van der Waals surface area contributed by atoms with Crippen LogP contribution in [0.4, 0.5) is 0 Å². The molecule has 0 unspecified atom stereocenters. The Bertz CT molecular complexity index is 765. The summed E-state index contributed by atoms with van der Waals surface area (Å²) in [7, 11) is -3.49. The number of rotatable bonds is 3. The van der Waals surface area contributed by atoms with E-state index in [0.717, 1.165) is 25.0 Å². The van der Waals surface area contributed by atoms with Gasteiger partial charge in [0.25, 0.3) is 16.1 Å². The predicted octanol–water partition coefficient (Wildman–Crippen LogP) is 0.747. The van der Waals surface area contributed by atoms with E-state index in [1.807, 2.05) is 0 Å². The van der Waals surface area contributed by atoms with E-state index in [4.69, 9.17) is 4.74 Å². The average molecular weight is 415 g/mol. The Labute approximate surface area is 164 Å². The zero-order valence-corrected chi connectivity index (χ0v) is 17.1. The maximum atomic E-state index is 12.9. The third-order valence-corrected chi connectivity index (χ3v) is 8.57. The van der Waals surface area contributed by atoms with E-state index in [0.29, 0.717) is 63.9 Å². The van der Waals surface area contributed by atoms with Gasteiger partial charge >= 0.3 is 0 Å². The molecule has 2 aliphatic heterocycles. The lowest BCUT2D eigenvalue weighted by Gasteiger charge is -2.31. The molecule has 0 bridgehead atoms. The Balaban J connectivity index is 1.42. The Kier molecular flexibility index (Phi) is 5.79. The van der Waals surface area contributed by atoms with E-state index >= 15 is 0 Å². The topological polar surface area (TPSA) is 83.1 Å². The molecule has 0 atom stereocenters. The number of ether oxygens (including phenoxy) is 1. The van der Waals surface area contributed by atoms with E-state index in [2.05, 4.69) is 4.98 Å². The van der Waals surface area contributed by atoms with Crippen molar-refractivity contribution >= 4 is 27.5 Å². The van der Waals surface area contributed by atoms with Crippen molar-refractivity contribution in [2.75, 3.05) is 52.5 Å². The molecule has 2 saturated heterocycles. The highest BCUT2D eigenvalue weighted by Gasteiger charge is 2.33. The first kappa shape index (κ1) is 19.3. The zero-order valence-electron chi connectivity index (χ0n) is 15.4. The second-order valence-electron chi connectivity index (χ2n) is 7.16. The van der Waals surface area contributed by atoms with Crippen LogP contribution in [0.1, 0.15) is 39.6 Å². The van der Waals surface area contributed by atoms with Crippen LogP contribution in [0, 0.1) is 0 Å². The summed E-state index contributed by atoms with van der Waals surface area (Å²) in [6.07, 6.45) is 4.93. The monoisotopic (exact) mass is 414 g/mol. The summed E-state index contributed by atoms with van der Waals surface area (Å²) in [6.45, 7) is 3.41. The third kappa shape index (κ3) is 4.04. The fraction of sp³-hybridized carbons (Fsp3) is 0.765. The van der Waals surface area contributed by atoms with E-state index in [1.165, 1.54) is 31.2 Å². The highest BCUT2D eigenvalue weighted by atomic mass is 32.2. The van der Waals surface area contributed by atoms with Crippen LogP contribution in [-0.4, -0.2) is 85.3 Å². The van der Waals surface area contributed by atoms with Crippen molar-refractivity contribution in [1.82, 2.24) is 18.5 Å². The second-order valence-corrected chi connectivity index (χ2v) is 10.2. The molecule has 0 aromatic carbocycles. The molecule has 1 aromatic rings. The molecule has 3 aliphatic rings.